The Kier molecular flexibility index (Phi) is 4.80. The first-order chi connectivity index (χ1) is 8.26. The van der Waals surface area contributed by atoms with Gasteiger partial charge in [0.05, 0.1) is 0 Å². The van der Waals surface area contributed by atoms with Gasteiger partial charge in [-0.1, -0.05) is 31.5 Å². The Morgan fingerprint density at radius 2 is 1.61 bits per heavy atom. The number of hydrogen-bond acceptors (Lipinski definition) is 2. The third kappa shape index (κ3) is 3.74. The highest BCUT2D eigenvalue weighted by molar-refractivity contribution is 5.59. The molecule has 0 saturated heterocycles. The summed E-state index contributed by atoms with van der Waals surface area (Å²) >= 11 is 0. The zero-order valence-corrected chi connectivity index (χ0v) is 12.8. The third-order valence-corrected chi connectivity index (χ3v) is 3.50. The van der Waals surface area contributed by atoms with Gasteiger partial charge in [-0.2, -0.15) is 0 Å². The topological polar surface area (TPSA) is 29.3 Å². The maximum Gasteiger partial charge on any atom is 0.0423 e. The molecule has 0 aliphatic rings. The van der Waals surface area contributed by atoms with Gasteiger partial charge < -0.3 is 10.6 Å². The molecule has 0 radical (unpaired) electrons. The predicted molar refractivity (Wildman–Crippen MR) is 81.4 cm³/mol. The van der Waals surface area contributed by atoms with Gasteiger partial charge in [0.15, 0.2) is 0 Å². The van der Waals surface area contributed by atoms with E-state index in [-0.39, 0.29) is 5.41 Å². The molecule has 0 aliphatic heterocycles. The second-order valence-electron chi connectivity index (χ2n) is 6.31. The van der Waals surface area contributed by atoms with Crippen molar-refractivity contribution < 1.29 is 0 Å². The molecule has 0 spiro atoms. The molecule has 0 saturated carbocycles. The van der Waals surface area contributed by atoms with Crippen LogP contribution in [-0.4, -0.2) is 20.1 Å². The Morgan fingerprint density at radius 1 is 1.11 bits per heavy atom. The number of anilines is 1. The van der Waals surface area contributed by atoms with E-state index in [0.29, 0.717) is 0 Å². The average molecular weight is 248 g/mol. The van der Waals surface area contributed by atoms with Gasteiger partial charge in [-0.05, 0) is 50.3 Å². The lowest BCUT2D eigenvalue weighted by molar-refractivity contribution is 0.347. The molecule has 2 nitrogen and oxygen atoms in total. The molecule has 0 amide bonds. The molecule has 102 valence electrons. The van der Waals surface area contributed by atoms with Crippen LogP contribution in [0.25, 0.3) is 0 Å². The highest BCUT2D eigenvalue weighted by atomic mass is 15.1. The molecular formula is C16H28N2. The molecule has 2 N–H and O–H groups in total. The van der Waals surface area contributed by atoms with E-state index in [2.05, 4.69) is 58.7 Å². The number of hydrogen-bond donors (Lipinski definition) is 1. The van der Waals surface area contributed by atoms with Crippen LogP contribution in [0.4, 0.5) is 5.69 Å². The fraction of sp³-hybridized carbons (Fsp3) is 0.625. The molecule has 2 heteroatoms. The van der Waals surface area contributed by atoms with E-state index in [1.807, 2.05) is 0 Å². The maximum atomic E-state index is 5.69. The second-order valence-corrected chi connectivity index (χ2v) is 6.31. The molecule has 18 heavy (non-hydrogen) atoms. The van der Waals surface area contributed by atoms with Crippen molar-refractivity contribution in [2.24, 2.45) is 11.1 Å². The SMILES string of the molecule is Cc1cc(C)c(N(C)CC(C)(C)CCN)c(C)c1. The van der Waals surface area contributed by atoms with Crippen molar-refractivity contribution in [1.29, 1.82) is 0 Å². The lowest BCUT2D eigenvalue weighted by Gasteiger charge is -2.33. The largest absolute Gasteiger partial charge is 0.374 e. The number of nitrogens with two attached hydrogens (primary N) is 1. The Hall–Kier alpha value is -1.02. The standard InChI is InChI=1S/C16H28N2/c1-12-9-13(2)15(14(3)10-12)18(6)11-16(4,5)7-8-17/h9-10H,7-8,11,17H2,1-6H3. The van der Waals surface area contributed by atoms with Crippen LogP contribution in [0.15, 0.2) is 12.1 Å². The van der Waals surface area contributed by atoms with E-state index in [4.69, 9.17) is 5.73 Å². The van der Waals surface area contributed by atoms with Crippen molar-refractivity contribution >= 4 is 5.69 Å². The van der Waals surface area contributed by atoms with Crippen LogP contribution in [-0.2, 0) is 0 Å². The summed E-state index contributed by atoms with van der Waals surface area (Å²) in [6.45, 7) is 12.9. The van der Waals surface area contributed by atoms with Crippen LogP contribution in [0, 0.1) is 26.2 Å². The van der Waals surface area contributed by atoms with E-state index >= 15 is 0 Å². The van der Waals surface area contributed by atoms with Crippen molar-refractivity contribution in [3.05, 3.63) is 28.8 Å². The van der Waals surface area contributed by atoms with Crippen LogP contribution >= 0.6 is 0 Å². The summed E-state index contributed by atoms with van der Waals surface area (Å²) in [7, 11) is 2.18. The maximum absolute atomic E-state index is 5.69. The smallest absolute Gasteiger partial charge is 0.0423 e. The van der Waals surface area contributed by atoms with Crippen molar-refractivity contribution in [3.63, 3.8) is 0 Å². The Morgan fingerprint density at radius 3 is 2.06 bits per heavy atom. The number of aryl methyl sites for hydroxylation is 3. The quantitative estimate of drug-likeness (QED) is 0.865. The molecule has 1 aromatic carbocycles. The third-order valence-electron chi connectivity index (χ3n) is 3.50. The minimum Gasteiger partial charge on any atom is -0.374 e. The molecule has 0 bridgehead atoms. The van der Waals surface area contributed by atoms with Gasteiger partial charge in [0.25, 0.3) is 0 Å². The zero-order valence-electron chi connectivity index (χ0n) is 12.8. The van der Waals surface area contributed by atoms with E-state index in [1.54, 1.807) is 0 Å². The van der Waals surface area contributed by atoms with Crippen LogP contribution in [0.3, 0.4) is 0 Å². The average Bonchev–Trinajstić information content (AvgIpc) is 2.13. The summed E-state index contributed by atoms with van der Waals surface area (Å²) in [5.41, 5.74) is 11.4. The van der Waals surface area contributed by atoms with Gasteiger partial charge in [-0.15, -0.1) is 0 Å². The molecule has 1 rings (SSSR count). The Bertz CT molecular complexity index is 385. The number of benzene rings is 1. The fourth-order valence-corrected chi connectivity index (χ4v) is 2.97. The Labute approximate surface area is 112 Å². The second kappa shape index (κ2) is 5.75. The van der Waals surface area contributed by atoms with Gasteiger partial charge in [-0.25, -0.2) is 0 Å². The van der Waals surface area contributed by atoms with Crippen LogP contribution in [0.2, 0.25) is 0 Å². The number of nitrogens with zero attached hydrogens (tertiary/aromatic N) is 1. The first kappa shape index (κ1) is 15.0. The van der Waals surface area contributed by atoms with Crippen molar-refractivity contribution in [1.82, 2.24) is 0 Å². The lowest BCUT2D eigenvalue weighted by atomic mass is 9.88. The zero-order chi connectivity index (χ0) is 13.9. The first-order valence-corrected chi connectivity index (χ1v) is 6.76. The summed E-state index contributed by atoms with van der Waals surface area (Å²) in [4.78, 5) is 2.37. The summed E-state index contributed by atoms with van der Waals surface area (Å²) in [5, 5.41) is 0. The van der Waals surface area contributed by atoms with Crippen molar-refractivity contribution in [3.8, 4) is 0 Å². The molecule has 0 heterocycles. The molecule has 0 atom stereocenters. The van der Waals surface area contributed by atoms with Crippen molar-refractivity contribution in [2.45, 2.75) is 41.0 Å². The first-order valence-electron chi connectivity index (χ1n) is 6.76. The van der Waals surface area contributed by atoms with E-state index in [1.165, 1.54) is 22.4 Å². The molecule has 0 aromatic heterocycles. The summed E-state index contributed by atoms with van der Waals surface area (Å²) < 4.78 is 0. The van der Waals surface area contributed by atoms with Crippen LogP contribution in [0.1, 0.15) is 37.0 Å². The van der Waals surface area contributed by atoms with Gasteiger partial charge in [0.2, 0.25) is 0 Å². The minimum absolute atomic E-state index is 0.257. The molecule has 0 aliphatic carbocycles. The molecule has 0 unspecified atom stereocenters. The molecular weight excluding hydrogens is 220 g/mol. The van der Waals surface area contributed by atoms with E-state index < -0.39 is 0 Å². The lowest BCUT2D eigenvalue weighted by Crippen LogP contribution is -2.33. The Balaban J connectivity index is 2.94. The van der Waals surface area contributed by atoms with Crippen LogP contribution < -0.4 is 10.6 Å². The van der Waals surface area contributed by atoms with Gasteiger partial charge in [-0.3, -0.25) is 0 Å². The normalized spacial score (nSPS) is 11.7. The molecule has 0 fully saturated rings. The highest BCUT2D eigenvalue weighted by Gasteiger charge is 2.21. The summed E-state index contributed by atoms with van der Waals surface area (Å²) in [5.74, 6) is 0. The highest BCUT2D eigenvalue weighted by Crippen LogP contribution is 2.29. The summed E-state index contributed by atoms with van der Waals surface area (Å²) in [6, 6.07) is 4.52. The molecule has 1 aromatic rings. The monoisotopic (exact) mass is 248 g/mol. The van der Waals surface area contributed by atoms with Gasteiger partial charge in [0, 0.05) is 19.3 Å². The summed E-state index contributed by atoms with van der Waals surface area (Å²) in [6.07, 6.45) is 1.06. The predicted octanol–water partition coefficient (Wildman–Crippen LogP) is 3.42. The minimum atomic E-state index is 0.257. The van der Waals surface area contributed by atoms with Crippen molar-refractivity contribution in [2.75, 3.05) is 25.0 Å². The van der Waals surface area contributed by atoms with E-state index in [9.17, 15) is 0 Å². The van der Waals surface area contributed by atoms with Gasteiger partial charge in [0.1, 0.15) is 0 Å². The fourth-order valence-electron chi connectivity index (χ4n) is 2.97. The number of rotatable bonds is 5. The van der Waals surface area contributed by atoms with Gasteiger partial charge >= 0.3 is 0 Å². The van der Waals surface area contributed by atoms with Crippen LogP contribution in [0.5, 0.6) is 0 Å². The van der Waals surface area contributed by atoms with E-state index in [0.717, 1.165) is 19.5 Å².